The Kier molecular flexibility index (Phi) is 4.88. The summed E-state index contributed by atoms with van der Waals surface area (Å²) in [5, 5.41) is 9.05. The van der Waals surface area contributed by atoms with E-state index in [1.807, 2.05) is 25.1 Å². The molecule has 0 radical (unpaired) electrons. The Labute approximate surface area is 130 Å². The van der Waals surface area contributed by atoms with Crippen molar-refractivity contribution in [3.05, 3.63) is 39.9 Å². The molecular weight excluding hydrogens is 342 g/mol. The molecular formula is C14H14BrNO3S. The molecule has 0 aliphatic carbocycles. The van der Waals surface area contributed by atoms with Crippen molar-refractivity contribution in [1.29, 1.82) is 0 Å². The van der Waals surface area contributed by atoms with E-state index in [0.717, 1.165) is 15.6 Å². The molecule has 1 aromatic rings. The average Bonchev–Trinajstić information content (AvgIpc) is 2.86. The zero-order chi connectivity index (χ0) is 14.7. The van der Waals surface area contributed by atoms with E-state index in [0.29, 0.717) is 11.6 Å². The summed E-state index contributed by atoms with van der Waals surface area (Å²) in [4.78, 5) is 24.5. The molecule has 4 nitrogen and oxygen atoms in total. The SMILES string of the molecule is Cc1ccc(/C=C/C(=O)N2CSCC2C(=O)O)c(Br)c1. The van der Waals surface area contributed by atoms with Gasteiger partial charge in [-0.1, -0.05) is 28.1 Å². The zero-order valence-electron chi connectivity index (χ0n) is 10.9. The van der Waals surface area contributed by atoms with Gasteiger partial charge in [0.2, 0.25) is 5.91 Å². The van der Waals surface area contributed by atoms with Crippen LogP contribution in [0, 0.1) is 6.92 Å². The van der Waals surface area contributed by atoms with Crippen molar-refractivity contribution in [3.8, 4) is 0 Å². The van der Waals surface area contributed by atoms with Gasteiger partial charge in [0.25, 0.3) is 0 Å². The van der Waals surface area contributed by atoms with Gasteiger partial charge in [0.05, 0.1) is 5.88 Å². The van der Waals surface area contributed by atoms with Gasteiger partial charge < -0.3 is 10.0 Å². The Balaban J connectivity index is 2.11. The molecule has 2 rings (SSSR count). The highest BCUT2D eigenvalue weighted by Gasteiger charge is 2.33. The fourth-order valence-corrected chi connectivity index (χ4v) is 3.67. The number of carbonyl (C=O) groups excluding carboxylic acids is 1. The maximum absolute atomic E-state index is 12.1. The van der Waals surface area contributed by atoms with Crippen LogP contribution in [-0.2, 0) is 9.59 Å². The minimum absolute atomic E-state index is 0.269. The number of aryl methyl sites for hydroxylation is 1. The van der Waals surface area contributed by atoms with E-state index in [-0.39, 0.29) is 5.91 Å². The summed E-state index contributed by atoms with van der Waals surface area (Å²) in [5.41, 5.74) is 2.02. The smallest absolute Gasteiger partial charge is 0.327 e. The van der Waals surface area contributed by atoms with Crippen LogP contribution in [0.3, 0.4) is 0 Å². The van der Waals surface area contributed by atoms with Crippen LogP contribution in [0.25, 0.3) is 6.08 Å². The van der Waals surface area contributed by atoms with Crippen LogP contribution in [-0.4, -0.2) is 39.6 Å². The quantitative estimate of drug-likeness (QED) is 0.847. The summed E-state index contributed by atoms with van der Waals surface area (Å²) in [5.74, 6) is -0.346. The number of nitrogens with zero attached hydrogens (tertiary/aromatic N) is 1. The van der Waals surface area contributed by atoms with Crippen LogP contribution in [0.5, 0.6) is 0 Å². The standard InChI is InChI=1S/C14H14BrNO3S/c1-9-2-3-10(11(15)6-9)4-5-13(17)16-8-20-7-12(16)14(18)19/h2-6,12H,7-8H2,1H3,(H,18,19)/b5-4+. The van der Waals surface area contributed by atoms with Gasteiger partial charge in [-0.3, -0.25) is 4.79 Å². The Bertz CT molecular complexity index is 574. The summed E-state index contributed by atoms with van der Waals surface area (Å²) in [6.07, 6.45) is 3.13. The monoisotopic (exact) mass is 355 g/mol. The molecule has 1 aliphatic heterocycles. The molecule has 1 N–H and O–H groups in total. The summed E-state index contributed by atoms with van der Waals surface area (Å²) in [6, 6.07) is 5.12. The molecule has 1 saturated heterocycles. The average molecular weight is 356 g/mol. The predicted octanol–water partition coefficient (Wildman–Crippen LogP) is 2.76. The highest BCUT2D eigenvalue weighted by Crippen LogP contribution is 2.23. The Morgan fingerprint density at radius 3 is 2.90 bits per heavy atom. The van der Waals surface area contributed by atoms with Crippen LogP contribution in [0.4, 0.5) is 0 Å². The van der Waals surface area contributed by atoms with Crippen LogP contribution in [0.15, 0.2) is 28.7 Å². The summed E-state index contributed by atoms with van der Waals surface area (Å²) >= 11 is 4.90. The van der Waals surface area contributed by atoms with Gasteiger partial charge in [0.15, 0.2) is 0 Å². The molecule has 0 spiro atoms. The number of thioether (sulfide) groups is 1. The molecule has 1 fully saturated rings. The number of rotatable bonds is 3. The lowest BCUT2D eigenvalue weighted by Gasteiger charge is -2.18. The van der Waals surface area contributed by atoms with Gasteiger partial charge in [-0.2, -0.15) is 0 Å². The largest absolute Gasteiger partial charge is 0.480 e. The van der Waals surface area contributed by atoms with E-state index in [2.05, 4.69) is 15.9 Å². The predicted molar refractivity (Wildman–Crippen MR) is 83.5 cm³/mol. The van der Waals surface area contributed by atoms with E-state index < -0.39 is 12.0 Å². The van der Waals surface area contributed by atoms with Crippen LogP contribution < -0.4 is 0 Å². The number of amides is 1. The minimum atomic E-state index is -0.951. The van der Waals surface area contributed by atoms with Crippen molar-refractivity contribution in [2.75, 3.05) is 11.6 Å². The third kappa shape index (κ3) is 3.43. The maximum atomic E-state index is 12.1. The topological polar surface area (TPSA) is 57.6 Å². The first-order valence-electron chi connectivity index (χ1n) is 6.04. The van der Waals surface area contributed by atoms with Gasteiger partial charge in [0.1, 0.15) is 6.04 Å². The molecule has 0 saturated carbocycles. The molecule has 6 heteroatoms. The zero-order valence-corrected chi connectivity index (χ0v) is 13.3. The second kappa shape index (κ2) is 6.45. The highest BCUT2D eigenvalue weighted by molar-refractivity contribution is 9.10. The van der Waals surface area contributed by atoms with E-state index in [1.165, 1.54) is 22.7 Å². The van der Waals surface area contributed by atoms with Gasteiger partial charge in [0, 0.05) is 16.3 Å². The molecule has 1 aliphatic rings. The molecule has 0 bridgehead atoms. The number of carbonyl (C=O) groups is 2. The Hall–Kier alpha value is -1.27. The van der Waals surface area contributed by atoms with Crippen molar-refractivity contribution in [2.24, 2.45) is 0 Å². The van der Waals surface area contributed by atoms with Gasteiger partial charge >= 0.3 is 5.97 Å². The first kappa shape index (κ1) is 15.1. The van der Waals surface area contributed by atoms with E-state index in [1.54, 1.807) is 6.08 Å². The molecule has 1 amide bonds. The van der Waals surface area contributed by atoms with Gasteiger partial charge in [-0.05, 0) is 30.2 Å². The van der Waals surface area contributed by atoms with E-state index in [9.17, 15) is 9.59 Å². The van der Waals surface area contributed by atoms with Crippen molar-refractivity contribution < 1.29 is 14.7 Å². The number of benzene rings is 1. The molecule has 20 heavy (non-hydrogen) atoms. The van der Waals surface area contributed by atoms with Crippen LogP contribution in [0.1, 0.15) is 11.1 Å². The fraction of sp³-hybridized carbons (Fsp3) is 0.286. The molecule has 0 aromatic heterocycles. The van der Waals surface area contributed by atoms with Crippen molar-refractivity contribution in [1.82, 2.24) is 4.90 Å². The first-order valence-corrected chi connectivity index (χ1v) is 7.99. The lowest BCUT2D eigenvalue weighted by Crippen LogP contribution is -2.40. The third-order valence-corrected chi connectivity index (χ3v) is 4.71. The second-order valence-corrected chi connectivity index (χ2v) is 6.37. The van der Waals surface area contributed by atoms with Crippen molar-refractivity contribution in [3.63, 3.8) is 0 Å². The molecule has 1 heterocycles. The van der Waals surface area contributed by atoms with Crippen LogP contribution in [0.2, 0.25) is 0 Å². The molecule has 1 unspecified atom stereocenters. The number of aliphatic carboxylic acids is 1. The highest BCUT2D eigenvalue weighted by atomic mass is 79.9. The number of halogens is 1. The number of carboxylic acids is 1. The fourth-order valence-electron chi connectivity index (χ4n) is 1.89. The lowest BCUT2D eigenvalue weighted by molar-refractivity contribution is -0.146. The van der Waals surface area contributed by atoms with E-state index >= 15 is 0 Å². The second-order valence-electron chi connectivity index (χ2n) is 4.52. The first-order chi connectivity index (χ1) is 9.49. The Morgan fingerprint density at radius 1 is 1.50 bits per heavy atom. The van der Waals surface area contributed by atoms with Gasteiger partial charge in [-0.25, -0.2) is 4.79 Å². The lowest BCUT2D eigenvalue weighted by atomic mass is 10.1. The normalized spacial score (nSPS) is 18.7. The molecule has 1 atom stereocenters. The molecule has 106 valence electrons. The summed E-state index contributed by atoms with van der Waals surface area (Å²) in [6.45, 7) is 1.99. The van der Waals surface area contributed by atoms with Crippen molar-refractivity contribution in [2.45, 2.75) is 13.0 Å². The number of carboxylic acid groups (broad SMARTS) is 1. The van der Waals surface area contributed by atoms with E-state index in [4.69, 9.17) is 5.11 Å². The van der Waals surface area contributed by atoms with Crippen LogP contribution >= 0.6 is 27.7 Å². The van der Waals surface area contributed by atoms with Crippen molar-refractivity contribution >= 4 is 45.6 Å². The summed E-state index contributed by atoms with van der Waals surface area (Å²) in [7, 11) is 0. The molecule has 1 aromatic carbocycles. The minimum Gasteiger partial charge on any atom is -0.480 e. The number of hydrogen-bond donors (Lipinski definition) is 1. The third-order valence-electron chi connectivity index (χ3n) is 3.01. The Morgan fingerprint density at radius 2 is 2.25 bits per heavy atom. The summed E-state index contributed by atoms with van der Waals surface area (Å²) < 4.78 is 0.909. The van der Waals surface area contributed by atoms with Gasteiger partial charge in [-0.15, -0.1) is 11.8 Å². The maximum Gasteiger partial charge on any atom is 0.327 e. The number of hydrogen-bond acceptors (Lipinski definition) is 3.